The van der Waals surface area contributed by atoms with E-state index in [-0.39, 0.29) is 5.91 Å². The minimum absolute atomic E-state index is 0.161. The molecular weight excluding hydrogens is 423 g/mol. The summed E-state index contributed by atoms with van der Waals surface area (Å²) >= 11 is 17.9. The maximum Gasteiger partial charge on any atom is 0.225 e. The molecule has 0 aliphatic rings. The van der Waals surface area contributed by atoms with E-state index < -0.39 is 0 Å². The van der Waals surface area contributed by atoms with Gasteiger partial charge in [0.2, 0.25) is 5.91 Å². The van der Waals surface area contributed by atoms with Gasteiger partial charge in [-0.05, 0) is 43.7 Å². The number of halogens is 3. The summed E-state index contributed by atoms with van der Waals surface area (Å²) in [5.74, 6) is 1.42. The lowest BCUT2D eigenvalue weighted by molar-refractivity contribution is -0.116. The highest BCUT2D eigenvalue weighted by molar-refractivity contribution is 6.35. The smallest absolute Gasteiger partial charge is 0.225 e. The molecule has 1 amide bonds. The van der Waals surface area contributed by atoms with Gasteiger partial charge in [0, 0.05) is 23.7 Å². The molecule has 0 unspecified atom stereocenters. The van der Waals surface area contributed by atoms with Crippen molar-refractivity contribution in [3.63, 3.8) is 0 Å². The van der Waals surface area contributed by atoms with Crippen LogP contribution in [0.2, 0.25) is 15.1 Å². The van der Waals surface area contributed by atoms with Crippen LogP contribution in [0.3, 0.4) is 0 Å². The molecule has 0 atom stereocenters. The van der Waals surface area contributed by atoms with Crippen LogP contribution in [0.5, 0.6) is 5.75 Å². The molecular formula is C19H17Cl3N4O2. The van der Waals surface area contributed by atoms with Gasteiger partial charge in [0.1, 0.15) is 11.6 Å². The van der Waals surface area contributed by atoms with Crippen LogP contribution in [-0.4, -0.2) is 27.3 Å². The molecule has 2 heterocycles. The first kappa shape index (κ1) is 20.5. The lowest BCUT2D eigenvalue weighted by atomic mass is 10.3. The Hall–Kier alpha value is -2.28. The standard InChI is InChI=1S/C19H17Cl3N4O2/c1-12-9-17(26(25-12)19-16(22)10-14(21)11-23-19)24-18(27)3-2-8-28-15-6-4-13(20)5-7-15/h4-7,9-11H,2-3,8H2,1H3,(H,24,27). The minimum atomic E-state index is -0.161. The number of pyridine rings is 1. The Labute approximate surface area is 177 Å². The SMILES string of the molecule is Cc1cc(NC(=O)CCCOc2ccc(Cl)cc2)n(-c2ncc(Cl)cc2Cl)n1. The van der Waals surface area contributed by atoms with E-state index in [1.165, 1.54) is 10.9 Å². The Bertz CT molecular complexity index is 974. The predicted octanol–water partition coefficient (Wildman–Crippen LogP) is 5.33. The van der Waals surface area contributed by atoms with Crippen molar-refractivity contribution in [1.82, 2.24) is 14.8 Å². The molecule has 0 bridgehead atoms. The number of hydrogen-bond acceptors (Lipinski definition) is 4. The number of aryl methyl sites for hydroxylation is 1. The van der Waals surface area contributed by atoms with Crippen LogP contribution in [0, 0.1) is 6.92 Å². The van der Waals surface area contributed by atoms with E-state index in [0.717, 1.165) is 0 Å². The van der Waals surface area contributed by atoms with Crippen molar-refractivity contribution in [3.05, 3.63) is 63.4 Å². The summed E-state index contributed by atoms with van der Waals surface area (Å²) in [4.78, 5) is 16.5. The molecule has 1 aromatic carbocycles. The number of nitrogens with one attached hydrogen (secondary N) is 1. The monoisotopic (exact) mass is 438 g/mol. The molecule has 0 radical (unpaired) electrons. The molecule has 0 saturated heterocycles. The van der Waals surface area contributed by atoms with E-state index in [2.05, 4.69) is 15.4 Å². The molecule has 6 nitrogen and oxygen atoms in total. The van der Waals surface area contributed by atoms with E-state index in [4.69, 9.17) is 39.5 Å². The first-order valence-corrected chi connectivity index (χ1v) is 9.62. The third kappa shape index (κ3) is 5.38. The van der Waals surface area contributed by atoms with Crippen LogP contribution in [0.15, 0.2) is 42.6 Å². The van der Waals surface area contributed by atoms with Crippen molar-refractivity contribution in [3.8, 4) is 11.6 Å². The van der Waals surface area contributed by atoms with Gasteiger partial charge in [-0.3, -0.25) is 4.79 Å². The maximum absolute atomic E-state index is 12.3. The van der Waals surface area contributed by atoms with Gasteiger partial charge in [-0.15, -0.1) is 0 Å². The molecule has 9 heteroatoms. The number of hydrogen-bond donors (Lipinski definition) is 1. The second-order valence-corrected chi connectivity index (χ2v) is 7.28. The maximum atomic E-state index is 12.3. The highest BCUT2D eigenvalue weighted by Crippen LogP contribution is 2.25. The molecule has 28 heavy (non-hydrogen) atoms. The minimum Gasteiger partial charge on any atom is -0.494 e. The highest BCUT2D eigenvalue weighted by Gasteiger charge is 2.14. The van der Waals surface area contributed by atoms with Gasteiger partial charge in [0.15, 0.2) is 5.82 Å². The van der Waals surface area contributed by atoms with Crippen LogP contribution in [0.4, 0.5) is 5.82 Å². The van der Waals surface area contributed by atoms with Crippen LogP contribution >= 0.6 is 34.8 Å². The fraction of sp³-hybridized carbons (Fsp3) is 0.211. The third-order valence-electron chi connectivity index (χ3n) is 3.72. The van der Waals surface area contributed by atoms with E-state index in [9.17, 15) is 4.79 Å². The molecule has 3 aromatic rings. The molecule has 146 valence electrons. The molecule has 0 saturated carbocycles. The van der Waals surface area contributed by atoms with E-state index in [1.807, 2.05) is 6.92 Å². The summed E-state index contributed by atoms with van der Waals surface area (Å²) in [6.07, 6.45) is 2.32. The quantitative estimate of drug-likeness (QED) is 0.505. The Kier molecular flexibility index (Phi) is 6.78. The summed E-state index contributed by atoms with van der Waals surface area (Å²) in [5, 5.41) is 8.58. The van der Waals surface area contributed by atoms with Gasteiger partial charge in [-0.25, -0.2) is 4.98 Å². The number of carbonyl (C=O) groups excluding carboxylic acids is 1. The fourth-order valence-electron chi connectivity index (χ4n) is 2.47. The third-order valence-corrected chi connectivity index (χ3v) is 4.46. The number of ether oxygens (including phenoxy) is 1. The molecule has 0 aliphatic heterocycles. The van der Waals surface area contributed by atoms with Crippen LogP contribution in [0.25, 0.3) is 5.82 Å². The fourth-order valence-corrected chi connectivity index (χ4v) is 3.06. The van der Waals surface area contributed by atoms with Crippen LogP contribution < -0.4 is 10.1 Å². The first-order valence-electron chi connectivity index (χ1n) is 8.48. The van der Waals surface area contributed by atoms with E-state index in [0.29, 0.717) is 57.6 Å². The first-order chi connectivity index (χ1) is 13.4. The largest absolute Gasteiger partial charge is 0.494 e. The Morgan fingerprint density at radius 3 is 2.61 bits per heavy atom. The topological polar surface area (TPSA) is 69.0 Å². The van der Waals surface area contributed by atoms with Crippen molar-refractivity contribution < 1.29 is 9.53 Å². The number of anilines is 1. The van der Waals surface area contributed by atoms with Crippen molar-refractivity contribution in [2.45, 2.75) is 19.8 Å². The van der Waals surface area contributed by atoms with Crippen molar-refractivity contribution >= 4 is 46.5 Å². The van der Waals surface area contributed by atoms with Crippen LogP contribution in [-0.2, 0) is 4.79 Å². The number of amides is 1. The number of benzene rings is 1. The van der Waals surface area contributed by atoms with E-state index in [1.54, 1.807) is 36.4 Å². The second kappa shape index (κ2) is 9.28. The van der Waals surface area contributed by atoms with Crippen molar-refractivity contribution in [1.29, 1.82) is 0 Å². The summed E-state index contributed by atoms with van der Waals surface area (Å²) in [5.41, 5.74) is 0.717. The summed E-state index contributed by atoms with van der Waals surface area (Å²) in [6.45, 7) is 2.23. The molecule has 0 aliphatic carbocycles. The van der Waals surface area contributed by atoms with Gasteiger partial charge in [0.25, 0.3) is 0 Å². The van der Waals surface area contributed by atoms with Gasteiger partial charge < -0.3 is 10.1 Å². The summed E-state index contributed by atoms with van der Waals surface area (Å²) < 4.78 is 7.07. The molecule has 0 spiro atoms. The lowest BCUT2D eigenvalue weighted by Gasteiger charge is -2.10. The van der Waals surface area contributed by atoms with Gasteiger partial charge >= 0.3 is 0 Å². The average molecular weight is 440 g/mol. The van der Waals surface area contributed by atoms with Gasteiger partial charge in [0.05, 0.1) is 22.3 Å². The lowest BCUT2D eigenvalue weighted by Crippen LogP contribution is -2.16. The highest BCUT2D eigenvalue weighted by atomic mass is 35.5. The molecule has 3 rings (SSSR count). The summed E-state index contributed by atoms with van der Waals surface area (Å²) in [6, 6.07) is 10.4. The average Bonchev–Trinajstić information content (AvgIpc) is 3.00. The number of carbonyl (C=O) groups is 1. The molecule has 2 aromatic heterocycles. The second-order valence-electron chi connectivity index (χ2n) is 6.00. The van der Waals surface area contributed by atoms with Gasteiger partial charge in [-0.2, -0.15) is 9.78 Å². The normalized spacial score (nSPS) is 10.7. The number of nitrogens with zero attached hydrogens (tertiary/aromatic N) is 3. The van der Waals surface area contributed by atoms with E-state index >= 15 is 0 Å². The zero-order valence-electron chi connectivity index (χ0n) is 15.0. The summed E-state index contributed by atoms with van der Waals surface area (Å²) in [7, 11) is 0. The van der Waals surface area contributed by atoms with Crippen LogP contribution in [0.1, 0.15) is 18.5 Å². The number of rotatable bonds is 7. The predicted molar refractivity (Wildman–Crippen MR) is 111 cm³/mol. The zero-order chi connectivity index (χ0) is 20.1. The Morgan fingerprint density at radius 1 is 1.14 bits per heavy atom. The van der Waals surface area contributed by atoms with Crippen molar-refractivity contribution in [2.75, 3.05) is 11.9 Å². The molecule has 1 N–H and O–H groups in total. The Balaban J connectivity index is 1.57. The molecule has 0 fully saturated rings. The van der Waals surface area contributed by atoms with Gasteiger partial charge in [-0.1, -0.05) is 34.8 Å². The Morgan fingerprint density at radius 2 is 1.89 bits per heavy atom. The number of aromatic nitrogens is 3. The zero-order valence-corrected chi connectivity index (χ0v) is 17.2. The van der Waals surface area contributed by atoms with Crippen molar-refractivity contribution in [2.24, 2.45) is 0 Å².